The molecule has 9 heteroatoms. The fourth-order valence-corrected chi connectivity index (χ4v) is 4.14. The highest BCUT2D eigenvalue weighted by Crippen LogP contribution is 2.30. The van der Waals surface area contributed by atoms with Crippen molar-refractivity contribution in [3.63, 3.8) is 0 Å². The molecular weight excluding hydrogens is 432 g/mol. The number of carbonyl (C=O) groups is 2. The number of aliphatic hydroxyl groups excluding tert-OH is 1. The van der Waals surface area contributed by atoms with Crippen LogP contribution in [0.25, 0.3) is 0 Å². The van der Waals surface area contributed by atoms with Gasteiger partial charge >= 0.3 is 0 Å². The number of hydrogen-bond donors (Lipinski definition) is 2. The molecule has 1 aliphatic rings. The van der Waals surface area contributed by atoms with E-state index in [2.05, 4.69) is 27.4 Å². The maximum atomic E-state index is 12.9. The molecule has 2 amide bonds. The summed E-state index contributed by atoms with van der Waals surface area (Å²) in [5, 5.41) is 21.1. The van der Waals surface area contributed by atoms with E-state index in [-0.39, 0.29) is 29.5 Å². The number of aromatic nitrogens is 4. The van der Waals surface area contributed by atoms with Crippen molar-refractivity contribution in [3.05, 3.63) is 71.6 Å². The van der Waals surface area contributed by atoms with E-state index in [1.807, 2.05) is 49.7 Å². The molecule has 0 radical (unpaired) electrons. The smallest absolute Gasteiger partial charge is 0.274 e. The molecule has 1 fully saturated rings. The van der Waals surface area contributed by atoms with E-state index in [1.54, 1.807) is 17.3 Å². The van der Waals surface area contributed by atoms with Crippen molar-refractivity contribution in [2.45, 2.75) is 39.2 Å². The highest BCUT2D eigenvalue weighted by atomic mass is 16.3. The number of aryl methyl sites for hydroxylation is 1. The first-order chi connectivity index (χ1) is 16.1. The molecule has 2 aromatic heterocycles. The molecule has 0 bridgehead atoms. The van der Waals surface area contributed by atoms with Gasteiger partial charge in [-0.2, -0.15) is 0 Å². The molecule has 1 unspecified atom stereocenters. The number of carbonyl (C=O) groups excluding carboxylic acids is 2. The maximum absolute atomic E-state index is 12.9. The number of benzene rings is 1. The van der Waals surface area contributed by atoms with Crippen molar-refractivity contribution >= 4 is 17.5 Å². The van der Waals surface area contributed by atoms with Gasteiger partial charge < -0.3 is 19.9 Å². The SMILES string of the molecule is C[C@H](Cc1nncn1C)c1cccc(NC(=O)c2cc(C(=O)N3CC(O)C(C)(C)C3)ccn2)c1. The van der Waals surface area contributed by atoms with Gasteiger partial charge in [-0.25, -0.2) is 0 Å². The lowest BCUT2D eigenvalue weighted by molar-refractivity contribution is 0.0762. The molecule has 3 aromatic rings. The van der Waals surface area contributed by atoms with E-state index in [1.165, 1.54) is 12.3 Å². The average Bonchev–Trinajstić information content (AvgIpc) is 3.34. The summed E-state index contributed by atoms with van der Waals surface area (Å²) in [6, 6.07) is 10.7. The zero-order chi connectivity index (χ0) is 24.5. The largest absolute Gasteiger partial charge is 0.391 e. The Morgan fingerprint density at radius 3 is 2.74 bits per heavy atom. The third-order valence-corrected chi connectivity index (χ3v) is 6.43. The fraction of sp³-hybridized carbons (Fsp3) is 0.400. The van der Waals surface area contributed by atoms with Crippen LogP contribution >= 0.6 is 0 Å². The van der Waals surface area contributed by atoms with Crippen molar-refractivity contribution in [1.29, 1.82) is 0 Å². The molecule has 9 nitrogen and oxygen atoms in total. The van der Waals surface area contributed by atoms with Crippen LogP contribution in [-0.2, 0) is 13.5 Å². The van der Waals surface area contributed by atoms with Gasteiger partial charge in [0, 0.05) is 49.4 Å². The Bertz CT molecular complexity index is 1200. The van der Waals surface area contributed by atoms with Gasteiger partial charge in [0.05, 0.1) is 6.10 Å². The minimum Gasteiger partial charge on any atom is -0.391 e. The Hall–Kier alpha value is -3.59. The first-order valence-corrected chi connectivity index (χ1v) is 11.3. The van der Waals surface area contributed by atoms with E-state index < -0.39 is 12.0 Å². The Balaban J connectivity index is 1.45. The molecule has 1 aliphatic heterocycles. The second-order valence-corrected chi connectivity index (χ2v) is 9.66. The van der Waals surface area contributed by atoms with Crippen LogP contribution < -0.4 is 5.32 Å². The predicted octanol–water partition coefficient (Wildman–Crippen LogP) is 2.65. The number of β-amino-alcohol motifs (C(OH)–C–C–N with tert-alkyl or cyclic N) is 1. The Labute approximate surface area is 198 Å². The quantitative estimate of drug-likeness (QED) is 0.582. The lowest BCUT2D eigenvalue weighted by Crippen LogP contribution is -2.30. The molecule has 0 spiro atoms. The number of amides is 2. The molecule has 34 heavy (non-hydrogen) atoms. The minimum absolute atomic E-state index is 0.155. The average molecular weight is 463 g/mol. The summed E-state index contributed by atoms with van der Waals surface area (Å²) in [4.78, 5) is 31.6. The first-order valence-electron chi connectivity index (χ1n) is 11.3. The summed E-state index contributed by atoms with van der Waals surface area (Å²) >= 11 is 0. The summed E-state index contributed by atoms with van der Waals surface area (Å²) in [6.45, 7) is 6.69. The highest BCUT2D eigenvalue weighted by Gasteiger charge is 2.40. The molecule has 1 saturated heterocycles. The molecule has 4 rings (SSSR count). The standard InChI is InChI=1S/C25H30N6O3/c1-16(10-22-29-27-15-30(22)4)17-6-5-7-19(11-17)28-23(33)20-12-18(8-9-26-20)24(34)31-13-21(32)25(2,3)14-31/h5-9,11-12,15-16,21,32H,10,13-14H2,1-4H3,(H,28,33)/t16-,21?/m1/s1. The van der Waals surface area contributed by atoms with Crippen LogP contribution in [0.3, 0.4) is 0 Å². The number of pyridine rings is 1. The zero-order valence-corrected chi connectivity index (χ0v) is 19.9. The van der Waals surface area contributed by atoms with E-state index in [0.29, 0.717) is 17.8 Å². The van der Waals surface area contributed by atoms with E-state index >= 15 is 0 Å². The number of likely N-dealkylation sites (tertiary alicyclic amines) is 1. The van der Waals surface area contributed by atoms with Crippen molar-refractivity contribution < 1.29 is 14.7 Å². The predicted molar refractivity (Wildman–Crippen MR) is 127 cm³/mol. The third-order valence-electron chi connectivity index (χ3n) is 6.43. The molecule has 2 N–H and O–H groups in total. The van der Waals surface area contributed by atoms with Crippen LogP contribution in [0.15, 0.2) is 48.9 Å². The number of nitrogens with zero attached hydrogens (tertiary/aromatic N) is 5. The highest BCUT2D eigenvalue weighted by molar-refractivity contribution is 6.04. The summed E-state index contributed by atoms with van der Waals surface area (Å²) in [5.74, 6) is 0.454. The van der Waals surface area contributed by atoms with E-state index in [0.717, 1.165) is 17.8 Å². The summed E-state index contributed by atoms with van der Waals surface area (Å²) in [7, 11) is 1.91. The van der Waals surface area contributed by atoms with Gasteiger partial charge in [0.1, 0.15) is 17.8 Å². The topological polar surface area (TPSA) is 113 Å². The van der Waals surface area contributed by atoms with E-state index in [4.69, 9.17) is 0 Å². The summed E-state index contributed by atoms with van der Waals surface area (Å²) in [5.41, 5.74) is 1.87. The zero-order valence-electron chi connectivity index (χ0n) is 19.9. The Morgan fingerprint density at radius 1 is 1.26 bits per heavy atom. The van der Waals surface area contributed by atoms with Gasteiger partial charge in [-0.3, -0.25) is 14.6 Å². The molecule has 178 valence electrons. The van der Waals surface area contributed by atoms with Crippen molar-refractivity contribution in [1.82, 2.24) is 24.6 Å². The van der Waals surface area contributed by atoms with Crippen LogP contribution in [-0.4, -0.2) is 60.8 Å². The number of rotatable bonds is 6. The van der Waals surface area contributed by atoms with Gasteiger partial charge in [0.15, 0.2) is 0 Å². The maximum Gasteiger partial charge on any atom is 0.274 e. The lowest BCUT2D eigenvalue weighted by Gasteiger charge is -2.21. The minimum atomic E-state index is -0.579. The molecule has 3 heterocycles. The van der Waals surface area contributed by atoms with Crippen molar-refractivity contribution in [2.75, 3.05) is 18.4 Å². The monoisotopic (exact) mass is 462 g/mol. The molecule has 2 atom stereocenters. The third kappa shape index (κ3) is 4.99. The van der Waals surface area contributed by atoms with Crippen molar-refractivity contribution in [3.8, 4) is 0 Å². The molecule has 0 saturated carbocycles. The summed E-state index contributed by atoms with van der Waals surface area (Å²) < 4.78 is 1.89. The van der Waals surface area contributed by atoms with Crippen LogP contribution in [0.1, 0.15) is 58.9 Å². The van der Waals surface area contributed by atoms with Crippen LogP contribution in [0.5, 0.6) is 0 Å². The number of nitrogens with one attached hydrogen (secondary N) is 1. The van der Waals surface area contributed by atoms with Crippen LogP contribution in [0, 0.1) is 5.41 Å². The second kappa shape index (κ2) is 9.34. The van der Waals surface area contributed by atoms with Gasteiger partial charge in [0.25, 0.3) is 11.8 Å². The number of hydrogen-bond acceptors (Lipinski definition) is 6. The summed E-state index contributed by atoms with van der Waals surface area (Å²) in [6.07, 6.45) is 3.28. The molecule has 0 aliphatic carbocycles. The normalized spacial score (nSPS) is 18.0. The number of aliphatic hydroxyl groups is 1. The van der Waals surface area contributed by atoms with Gasteiger partial charge in [0.2, 0.25) is 0 Å². The van der Waals surface area contributed by atoms with Crippen LogP contribution in [0.2, 0.25) is 0 Å². The van der Waals surface area contributed by atoms with E-state index in [9.17, 15) is 14.7 Å². The molecular formula is C25H30N6O3. The first kappa shape index (κ1) is 23.6. The van der Waals surface area contributed by atoms with Crippen molar-refractivity contribution in [2.24, 2.45) is 12.5 Å². The fourth-order valence-electron chi connectivity index (χ4n) is 4.14. The Morgan fingerprint density at radius 2 is 2.06 bits per heavy atom. The lowest BCUT2D eigenvalue weighted by atomic mass is 9.90. The Kier molecular flexibility index (Phi) is 6.47. The second-order valence-electron chi connectivity index (χ2n) is 9.66. The van der Waals surface area contributed by atoms with Gasteiger partial charge in [-0.15, -0.1) is 10.2 Å². The van der Waals surface area contributed by atoms with Gasteiger partial charge in [-0.05, 0) is 35.7 Å². The number of anilines is 1. The van der Waals surface area contributed by atoms with Crippen LogP contribution in [0.4, 0.5) is 5.69 Å². The molecule has 1 aromatic carbocycles. The van der Waals surface area contributed by atoms with Gasteiger partial charge in [-0.1, -0.05) is 32.9 Å².